The molecule has 2 heteroatoms. The summed E-state index contributed by atoms with van der Waals surface area (Å²) in [5, 5.41) is 0. The summed E-state index contributed by atoms with van der Waals surface area (Å²) >= 11 is 0. The first kappa shape index (κ1) is 8.95. The average Bonchev–Trinajstić information content (AvgIpc) is 2.50. The first-order chi connectivity index (χ1) is 5.08. The standard InChI is InChI=1S/C9H16F2/c1-3-5-6-8(4-2)7-9(8,10)11/h3-7H2,1-2H3. The number of unbranched alkanes of at least 4 members (excludes halogenated alkanes) is 1. The minimum Gasteiger partial charge on any atom is -0.206 e. The summed E-state index contributed by atoms with van der Waals surface area (Å²) < 4.78 is 25.6. The highest BCUT2D eigenvalue weighted by Gasteiger charge is 2.68. The lowest BCUT2D eigenvalue weighted by molar-refractivity contribution is 0.0577. The van der Waals surface area contributed by atoms with Crippen molar-refractivity contribution >= 4 is 0 Å². The number of halogens is 2. The van der Waals surface area contributed by atoms with Crippen LogP contribution in [0, 0.1) is 5.41 Å². The van der Waals surface area contributed by atoms with Gasteiger partial charge in [-0.3, -0.25) is 0 Å². The summed E-state index contributed by atoms with van der Waals surface area (Å²) in [6, 6.07) is 0. The lowest BCUT2D eigenvalue weighted by atomic mass is 9.95. The maximum Gasteiger partial charge on any atom is 0.254 e. The Bertz CT molecular complexity index is 142. The van der Waals surface area contributed by atoms with Crippen LogP contribution in [0.3, 0.4) is 0 Å². The van der Waals surface area contributed by atoms with Gasteiger partial charge in [-0.25, -0.2) is 8.78 Å². The number of alkyl halides is 2. The van der Waals surface area contributed by atoms with E-state index in [4.69, 9.17) is 0 Å². The van der Waals surface area contributed by atoms with E-state index < -0.39 is 11.3 Å². The van der Waals surface area contributed by atoms with Crippen molar-refractivity contribution in [3.63, 3.8) is 0 Å². The molecule has 1 unspecified atom stereocenters. The molecule has 66 valence electrons. The number of rotatable bonds is 4. The lowest BCUT2D eigenvalue weighted by Gasteiger charge is -2.12. The van der Waals surface area contributed by atoms with Gasteiger partial charge in [0.15, 0.2) is 0 Å². The van der Waals surface area contributed by atoms with Crippen LogP contribution in [0.4, 0.5) is 8.78 Å². The second kappa shape index (κ2) is 2.72. The molecule has 11 heavy (non-hydrogen) atoms. The molecule has 0 aliphatic heterocycles. The summed E-state index contributed by atoms with van der Waals surface area (Å²) in [5.74, 6) is -2.34. The van der Waals surface area contributed by atoms with E-state index in [9.17, 15) is 8.78 Å². The van der Waals surface area contributed by atoms with Crippen molar-refractivity contribution < 1.29 is 8.78 Å². The number of hydrogen-bond acceptors (Lipinski definition) is 0. The summed E-state index contributed by atoms with van der Waals surface area (Å²) in [6.45, 7) is 3.92. The second-order valence-electron chi connectivity index (χ2n) is 3.62. The van der Waals surface area contributed by atoms with Crippen LogP contribution in [0.15, 0.2) is 0 Å². The van der Waals surface area contributed by atoms with Crippen molar-refractivity contribution in [2.24, 2.45) is 5.41 Å². The zero-order chi connectivity index (χ0) is 8.54. The molecule has 1 saturated carbocycles. The van der Waals surface area contributed by atoms with Gasteiger partial charge in [0.25, 0.3) is 5.92 Å². The minimum absolute atomic E-state index is 0.135. The molecule has 1 rings (SSSR count). The Morgan fingerprint density at radius 1 is 1.27 bits per heavy atom. The van der Waals surface area contributed by atoms with Gasteiger partial charge in [0.2, 0.25) is 0 Å². The Morgan fingerprint density at radius 2 is 1.82 bits per heavy atom. The van der Waals surface area contributed by atoms with Crippen molar-refractivity contribution in [2.45, 2.75) is 51.9 Å². The molecule has 1 aliphatic rings. The fourth-order valence-corrected chi connectivity index (χ4v) is 1.73. The maximum absolute atomic E-state index is 12.8. The molecule has 0 saturated heterocycles. The highest BCUT2D eigenvalue weighted by Crippen LogP contribution is 2.65. The largest absolute Gasteiger partial charge is 0.254 e. The average molecular weight is 162 g/mol. The first-order valence-electron chi connectivity index (χ1n) is 4.46. The van der Waals surface area contributed by atoms with Gasteiger partial charge in [-0.05, 0) is 12.8 Å². The van der Waals surface area contributed by atoms with Gasteiger partial charge < -0.3 is 0 Å². The van der Waals surface area contributed by atoms with Crippen LogP contribution in [-0.4, -0.2) is 5.92 Å². The third-order valence-electron chi connectivity index (χ3n) is 2.90. The lowest BCUT2D eigenvalue weighted by Crippen LogP contribution is -2.09. The van der Waals surface area contributed by atoms with Crippen LogP contribution >= 0.6 is 0 Å². The topological polar surface area (TPSA) is 0 Å². The van der Waals surface area contributed by atoms with E-state index in [1.165, 1.54) is 0 Å². The van der Waals surface area contributed by atoms with Crippen LogP contribution < -0.4 is 0 Å². The van der Waals surface area contributed by atoms with Gasteiger partial charge in [-0.2, -0.15) is 0 Å². The predicted molar refractivity (Wildman–Crippen MR) is 41.8 cm³/mol. The van der Waals surface area contributed by atoms with E-state index in [1.54, 1.807) is 0 Å². The third-order valence-corrected chi connectivity index (χ3v) is 2.90. The zero-order valence-electron chi connectivity index (χ0n) is 7.29. The third kappa shape index (κ3) is 1.40. The first-order valence-corrected chi connectivity index (χ1v) is 4.46. The second-order valence-corrected chi connectivity index (χ2v) is 3.62. The van der Waals surface area contributed by atoms with Gasteiger partial charge in [-0.1, -0.05) is 26.7 Å². The normalized spacial score (nSPS) is 33.8. The van der Waals surface area contributed by atoms with E-state index in [2.05, 4.69) is 0 Å². The molecule has 0 aromatic carbocycles. The summed E-state index contributed by atoms with van der Waals surface area (Å²) in [5.41, 5.74) is -0.594. The fourth-order valence-electron chi connectivity index (χ4n) is 1.73. The van der Waals surface area contributed by atoms with Crippen LogP contribution in [0.5, 0.6) is 0 Å². The molecule has 1 aliphatic carbocycles. The molecule has 1 atom stereocenters. The van der Waals surface area contributed by atoms with Crippen molar-refractivity contribution in [2.75, 3.05) is 0 Å². The molecule has 0 bridgehead atoms. The van der Waals surface area contributed by atoms with Crippen LogP contribution in [0.1, 0.15) is 46.0 Å². The Balaban J connectivity index is 2.40. The van der Waals surface area contributed by atoms with E-state index in [1.807, 2.05) is 13.8 Å². The minimum atomic E-state index is -2.34. The zero-order valence-corrected chi connectivity index (χ0v) is 7.29. The SMILES string of the molecule is CCCCC1(CC)CC1(F)F. The van der Waals surface area contributed by atoms with Crippen LogP contribution in [0.25, 0.3) is 0 Å². The van der Waals surface area contributed by atoms with Gasteiger partial charge in [0.05, 0.1) is 0 Å². The molecule has 0 aromatic heterocycles. The fraction of sp³-hybridized carbons (Fsp3) is 1.00. The molecule has 0 spiro atoms. The highest BCUT2D eigenvalue weighted by atomic mass is 19.3. The highest BCUT2D eigenvalue weighted by molar-refractivity contribution is 5.08. The van der Waals surface area contributed by atoms with Gasteiger partial charge in [-0.15, -0.1) is 0 Å². The maximum atomic E-state index is 12.8. The molecule has 0 aromatic rings. The molecule has 0 radical (unpaired) electrons. The van der Waals surface area contributed by atoms with E-state index in [-0.39, 0.29) is 6.42 Å². The van der Waals surface area contributed by atoms with E-state index in [0.717, 1.165) is 12.8 Å². The van der Waals surface area contributed by atoms with Gasteiger partial charge in [0.1, 0.15) is 0 Å². The Labute approximate surface area is 67.0 Å². The molecule has 0 heterocycles. The van der Waals surface area contributed by atoms with Crippen LogP contribution in [0.2, 0.25) is 0 Å². The monoisotopic (exact) mass is 162 g/mol. The molecular formula is C9H16F2. The van der Waals surface area contributed by atoms with E-state index in [0.29, 0.717) is 12.8 Å². The van der Waals surface area contributed by atoms with Crippen molar-refractivity contribution in [1.82, 2.24) is 0 Å². The Kier molecular flexibility index (Phi) is 2.22. The molecular weight excluding hydrogens is 146 g/mol. The van der Waals surface area contributed by atoms with Gasteiger partial charge in [0, 0.05) is 11.8 Å². The number of hydrogen-bond donors (Lipinski definition) is 0. The molecule has 0 amide bonds. The Hall–Kier alpha value is -0.140. The predicted octanol–water partition coefficient (Wildman–Crippen LogP) is 3.61. The quantitative estimate of drug-likeness (QED) is 0.592. The van der Waals surface area contributed by atoms with Gasteiger partial charge >= 0.3 is 0 Å². The van der Waals surface area contributed by atoms with Crippen LogP contribution in [-0.2, 0) is 0 Å². The molecule has 1 fully saturated rings. The van der Waals surface area contributed by atoms with Crippen molar-refractivity contribution in [3.05, 3.63) is 0 Å². The summed E-state index contributed by atoms with van der Waals surface area (Å²) in [4.78, 5) is 0. The van der Waals surface area contributed by atoms with E-state index >= 15 is 0 Å². The van der Waals surface area contributed by atoms with Crippen molar-refractivity contribution in [1.29, 1.82) is 0 Å². The smallest absolute Gasteiger partial charge is 0.206 e. The molecule has 0 N–H and O–H groups in total. The molecule has 0 nitrogen and oxygen atoms in total. The summed E-state index contributed by atoms with van der Waals surface area (Å²) in [6.07, 6.45) is 3.46. The Morgan fingerprint density at radius 3 is 2.09 bits per heavy atom. The van der Waals surface area contributed by atoms with Crippen molar-refractivity contribution in [3.8, 4) is 0 Å². The summed E-state index contributed by atoms with van der Waals surface area (Å²) in [7, 11) is 0.